The largest absolute Gasteiger partial charge is 0.375 e. The maximum Gasteiger partial charge on any atom is 0.251 e. The zero-order valence-electron chi connectivity index (χ0n) is 19.1. The van der Waals surface area contributed by atoms with Crippen LogP contribution in [0.25, 0.3) is 33.3 Å². The van der Waals surface area contributed by atoms with Crippen LogP contribution in [0.5, 0.6) is 0 Å². The number of nitrogens with one attached hydrogen (secondary N) is 1. The third kappa shape index (κ3) is 3.00. The fraction of sp³-hybridized carbons (Fsp3) is 0.304. The Morgan fingerprint density at radius 2 is 1.79 bits per heavy atom. The van der Waals surface area contributed by atoms with Crippen molar-refractivity contribution in [1.82, 2.24) is 19.0 Å². The number of fused-ring (bicyclic) bond motifs is 4. The SMILES string of the molecule is Cc1nn(C)c2c1C(C)(C)Nc1cc(F)c(-c3cc(F)cc4c3cnn4S(C)(=O)=O)c(C)c1-2. The molecule has 0 saturated carbocycles. The zero-order chi connectivity index (χ0) is 24.0. The molecule has 3 heterocycles. The Morgan fingerprint density at radius 1 is 1.09 bits per heavy atom. The van der Waals surface area contributed by atoms with Gasteiger partial charge < -0.3 is 5.32 Å². The molecule has 7 nitrogen and oxygen atoms in total. The molecule has 0 radical (unpaired) electrons. The van der Waals surface area contributed by atoms with E-state index in [1.54, 1.807) is 11.6 Å². The molecule has 0 spiro atoms. The van der Waals surface area contributed by atoms with Crippen LogP contribution in [0.15, 0.2) is 24.4 Å². The van der Waals surface area contributed by atoms with E-state index < -0.39 is 27.2 Å². The van der Waals surface area contributed by atoms with Gasteiger partial charge in [0.15, 0.2) is 0 Å². The number of aryl methyl sites for hydroxylation is 2. The fourth-order valence-corrected chi connectivity index (χ4v) is 5.87. The molecule has 5 rings (SSSR count). The highest BCUT2D eigenvalue weighted by atomic mass is 32.2. The molecule has 0 amide bonds. The Labute approximate surface area is 190 Å². The minimum absolute atomic E-state index is 0.0559. The number of aromatic nitrogens is 4. The van der Waals surface area contributed by atoms with Crippen molar-refractivity contribution in [3.05, 3.63) is 52.9 Å². The quantitative estimate of drug-likeness (QED) is 0.467. The summed E-state index contributed by atoms with van der Waals surface area (Å²) in [5, 5.41) is 12.3. The van der Waals surface area contributed by atoms with Gasteiger partial charge in [0.25, 0.3) is 10.0 Å². The Morgan fingerprint density at radius 3 is 2.45 bits per heavy atom. The molecule has 1 aliphatic heterocycles. The van der Waals surface area contributed by atoms with Crippen LogP contribution in [0.2, 0.25) is 0 Å². The molecule has 10 heteroatoms. The van der Waals surface area contributed by atoms with Gasteiger partial charge in [-0.1, -0.05) is 0 Å². The molecule has 0 atom stereocenters. The van der Waals surface area contributed by atoms with Gasteiger partial charge in [0, 0.05) is 40.9 Å². The number of nitrogens with zero attached hydrogens (tertiary/aromatic N) is 4. The molecular formula is C23H23F2N5O2S. The first kappa shape index (κ1) is 21.6. The topological polar surface area (TPSA) is 81.8 Å². The predicted molar refractivity (Wildman–Crippen MR) is 124 cm³/mol. The third-order valence-electron chi connectivity index (χ3n) is 6.26. The minimum Gasteiger partial charge on any atom is -0.375 e. The summed E-state index contributed by atoms with van der Waals surface area (Å²) in [6, 6.07) is 3.71. The van der Waals surface area contributed by atoms with Crippen LogP contribution in [0.3, 0.4) is 0 Å². The lowest BCUT2D eigenvalue weighted by atomic mass is 9.81. The highest BCUT2D eigenvalue weighted by Gasteiger charge is 2.37. The van der Waals surface area contributed by atoms with Gasteiger partial charge in [-0.05, 0) is 51.0 Å². The molecule has 2 aromatic heterocycles. The van der Waals surface area contributed by atoms with Crippen LogP contribution in [-0.2, 0) is 22.6 Å². The van der Waals surface area contributed by atoms with Crippen molar-refractivity contribution in [1.29, 1.82) is 0 Å². The number of halogens is 2. The molecule has 1 aliphatic rings. The van der Waals surface area contributed by atoms with Crippen LogP contribution in [0.4, 0.5) is 14.5 Å². The third-order valence-corrected chi connectivity index (χ3v) is 7.18. The van der Waals surface area contributed by atoms with Crippen LogP contribution in [0.1, 0.15) is 30.7 Å². The normalized spacial score (nSPS) is 14.8. The summed E-state index contributed by atoms with van der Waals surface area (Å²) >= 11 is 0. The summed E-state index contributed by atoms with van der Waals surface area (Å²) in [6.45, 7) is 7.74. The van der Waals surface area contributed by atoms with Gasteiger partial charge in [0.05, 0.1) is 34.9 Å². The van der Waals surface area contributed by atoms with E-state index in [4.69, 9.17) is 0 Å². The van der Waals surface area contributed by atoms with Crippen molar-refractivity contribution in [2.45, 2.75) is 33.2 Å². The van der Waals surface area contributed by atoms with Crippen LogP contribution in [0, 0.1) is 25.5 Å². The number of hydrogen-bond donors (Lipinski definition) is 1. The van der Waals surface area contributed by atoms with Crippen LogP contribution in [-0.4, -0.2) is 33.6 Å². The summed E-state index contributed by atoms with van der Waals surface area (Å²) in [5.41, 5.74) is 4.74. The van der Waals surface area contributed by atoms with E-state index in [2.05, 4.69) is 15.5 Å². The van der Waals surface area contributed by atoms with Crippen molar-refractivity contribution in [3.8, 4) is 22.4 Å². The maximum absolute atomic E-state index is 15.6. The smallest absolute Gasteiger partial charge is 0.251 e. The van der Waals surface area contributed by atoms with Crippen molar-refractivity contribution in [2.24, 2.45) is 7.05 Å². The van der Waals surface area contributed by atoms with Crippen molar-refractivity contribution in [2.75, 3.05) is 11.6 Å². The van der Waals surface area contributed by atoms with E-state index >= 15 is 4.39 Å². The molecule has 4 aromatic rings. The summed E-state index contributed by atoms with van der Waals surface area (Å²) in [6.07, 6.45) is 2.30. The van der Waals surface area contributed by atoms with Gasteiger partial charge >= 0.3 is 0 Å². The van der Waals surface area contributed by atoms with Gasteiger partial charge in [-0.3, -0.25) is 4.68 Å². The zero-order valence-corrected chi connectivity index (χ0v) is 19.9. The Bertz CT molecular complexity index is 1600. The van der Waals surface area contributed by atoms with E-state index in [9.17, 15) is 12.8 Å². The van der Waals surface area contributed by atoms with Crippen molar-refractivity contribution >= 4 is 26.6 Å². The Kier molecular flexibility index (Phi) is 4.33. The van der Waals surface area contributed by atoms with Gasteiger partial charge in [0.1, 0.15) is 11.6 Å². The number of anilines is 1. The van der Waals surface area contributed by atoms with Gasteiger partial charge in [-0.15, -0.1) is 0 Å². The lowest BCUT2D eigenvalue weighted by Gasteiger charge is -2.36. The van der Waals surface area contributed by atoms with Crippen molar-refractivity contribution < 1.29 is 17.2 Å². The van der Waals surface area contributed by atoms with Gasteiger partial charge in [-0.25, -0.2) is 17.2 Å². The fourth-order valence-electron chi connectivity index (χ4n) is 5.15. The Hall–Kier alpha value is -3.27. The molecule has 0 unspecified atom stereocenters. The highest BCUT2D eigenvalue weighted by Crippen LogP contribution is 2.49. The Balaban J connectivity index is 1.88. The summed E-state index contributed by atoms with van der Waals surface area (Å²) in [7, 11) is -1.93. The van der Waals surface area contributed by atoms with Crippen LogP contribution < -0.4 is 5.32 Å². The molecule has 0 aliphatic carbocycles. The standard InChI is InChI=1S/C23H23F2N5O2S/c1-11-19(14-7-13(24)8-18-15(14)10-26-30(18)33(6,31)32)16(25)9-17-20(11)22-21(23(3,4)27-17)12(2)28-29(22)5/h7-10,27H,1-6H3. The maximum atomic E-state index is 15.6. The summed E-state index contributed by atoms with van der Waals surface area (Å²) in [5.74, 6) is -1.23. The van der Waals surface area contributed by atoms with E-state index in [1.165, 1.54) is 18.3 Å². The second-order valence-electron chi connectivity index (χ2n) is 9.10. The number of benzene rings is 2. The molecular weight excluding hydrogens is 448 g/mol. The van der Waals surface area contributed by atoms with E-state index in [1.807, 2.05) is 27.8 Å². The highest BCUT2D eigenvalue weighted by molar-refractivity contribution is 7.89. The molecule has 172 valence electrons. The first-order valence-electron chi connectivity index (χ1n) is 10.3. The van der Waals surface area contributed by atoms with Crippen LogP contribution >= 0.6 is 0 Å². The lowest BCUT2D eigenvalue weighted by Crippen LogP contribution is -2.32. The van der Waals surface area contributed by atoms with Gasteiger partial charge in [0.2, 0.25) is 0 Å². The molecule has 1 N–H and O–H groups in total. The summed E-state index contributed by atoms with van der Waals surface area (Å²) < 4.78 is 57.1. The van der Waals surface area contributed by atoms with E-state index in [0.29, 0.717) is 16.6 Å². The predicted octanol–water partition coefficient (Wildman–Crippen LogP) is 4.47. The molecule has 33 heavy (non-hydrogen) atoms. The van der Waals surface area contributed by atoms with E-state index in [0.717, 1.165) is 38.9 Å². The van der Waals surface area contributed by atoms with Gasteiger partial charge in [-0.2, -0.15) is 14.3 Å². The second kappa shape index (κ2) is 6.63. The average molecular weight is 472 g/mol. The molecule has 2 aromatic carbocycles. The summed E-state index contributed by atoms with van der Waals surface area (Å²) in [4.78, 5) is 0. The molecule has 0 saturated heterocycles. The second-order valence-corrected chi connectivity index (χ2v) is 10.9. The minimum atomic E-state index is -3.77. The average Bonchev–Trinajstić information content (AvgIpc) is 3.22. The molecule has 0 fully saturated rings. The lowest BCUT2D eigenvalue weighted by molar-refractivity contribution is 0.588. The number of rotatable bonds is 2. The molecule has 0 bridgehead atoms. The monoisotopic (exact) mass is 471 g/mol. The first-order valence-corrected chi connectivity index (χ1v) is 12.2. The van der Waals surface area contributed by atoms with E-state index in [-0.39, 0.29) is 16.6 Å². The number of hydrogen-bond acceptors (Lipinski definition) is 5. The van der Waals surface area contributed by atoms with Crippen molar-refractivity contribution in [3.63, 3.8) is 0 Å². The first-order chi connectivity index (χ1) is 15.3.